The molecule has 0 radical (unpaired) electrons. The quantitative estimate of drug-likeness (QED) is 0.0333. The fraction of sp³-hybridized carbons (Fsp3) is 0.537. The second-order valence-corrected chi connectivity index (χ2v) is 20.0. The lowest BCUT2D eigenvalue weighted by Gasteiger charge is -2.11. The van der Waals surface area contributed by atoms with Crippen molar-refractivity contribution in [3.05, 3.63) is 70.0 Å². The summed E-state index contributed by atoms with van der Waals surface area (Å²) in [6.45, 7) is 0.751. The van der Waals surface area contributed by atoms with Crippen LogP contribution in [0.5, 0.6) is 11.5 Å². The van der Waals surface area contributed by atoms with E-state index in [1.165, 1.54) is 85.6 Å². The van der Waals surface area contributed by atoms with Crippen LogP contribution in [0.3, 0.4) is 0 Å². The van der Waals surface area contributed by atoms with Crippen LogP contribution in [-0.4, -0.2) is 44.1 Å². The molecule has 2 rings (SSSR count). The molecule has 0 heterocycles. The van der Waals surface area contributed by atoms with Gasteiger partial charge >= 0.3 is 11.9 Å². The topological polar surface area (TPSA) is 88.1 Å². The molecule has 0 aliphatic heterocycles. The molecular weight excluding hydrogens is 1370 g/mol. The molecule has 0 atom stereocenters. The van der Waals surface area contributed by atoms with Crippen LogP contribution in [0.2, 0.25) is 0 Å². The summed E-state index contributed by atoms with van der Waals surface area (Å²) in [4.78, 5) is 35.9. The number of ketones is 1. The number of allylic oxidation sites excluding steroid dienone is 2. The van der Waals surface area contributed by atoms with Crippen LogP contribution in [0.1, 0.15) is 116 Å². The normalized spacial score (nSPS) is 11.4. The Morgan fingerprint density at radius 2 is 0.759 bits per heavy atom. The summed E-state index contributed by atoms with van der Waals surface area (Å²) in [6, 6.07) is 8.57. The van der Waals surface area contributed by atoms with E-state index in [1.54, 1.807) is 12.2 Å². The van der Waals surface area contributed by atoms with Crippen LogP contribution < -0.4 is 9.47 Å². The predicted molar refractivity (Wildman–Crippen MR) is 268 cm³/mol. The van der Waals surface area contributed by atoms with E-state index in [4.69, 9.17) is 18.9 Å². The highest BCUT2D eigenvalue weighted by molar-refractivity contribution is 14.1. The first kappa shape index (κ1) is 50.7. The van der Waals surface area contributed by atoms with Crippen molar-refractivity contribution in [3.63, 3.8) is 0 Å². The molecule has 2 aromatic carbocycles. The molecule has 54 heavy (non-hydrogen) atoms. The number of carbonyl (C=O) groups excluding carboxylic acids is 3. The second kappa shape index (κ2) is 32.4. The number of benzene rings is 2. The molecule has 0 bridgehead atoms. The number of hydrogen-bond donors (Lipinski definition) is 0. The predicted octanol–water partition coefficient (Wildman–Crippen LogP) is 13.6. The minimum Gasteiger partial charge on any atom is -0.491 e. The number of hydrogen-bond acceptors (Lipinski definition) is 7. The van der Waals surface area contributed by atoms with Gasteiger partial charge in [0.25, 0.3) is 0 Å². The van der Waals surface area contributed by atoms with E-state index < -0.39 is 17.7 Å². The average molecular weight is 1420 g/mol. The highest BCUT2D eigenvalue weighted by Crippen LogP contribution is 2.31. The zero-order valence-corrected chi connectivity index (χ0v) is 43.7. The molecule has 300 valence electrons. The first-order valence-electron chi connectivity index (χ1n) is 18.7. The van der Waals surface area contributed by atoms with Crippen molar-refractivity contribution in [2.24, 2.45) is 0 Å². The summed E-state index contributed by atoms with van der Waals surface area (Å²) < 4.78 is 29.2. The Bertz CT molecular complexity index is 1330. The monoisotopic (exact) mass is 1420 g/mol. The van der Waals surface area contributed by atoms with E-state index in [-0.39, 0.29) is 26.1 Å². The molecule has 0 amide bonds. The molecular formula is C41H52I6O7. The standard InChI is InChI=1S/C41H52I6O7/c42-31-25-34(44)40(35(45)26-31)51-23-19-15-11-7-3-1-5-9-13-17-21-38(49)53-29-33(48)30-54-39(50)22-18-14-10-6-2-4-8-12-16-20-24-52-41-36(46)27-32(43)28-37(41)47/h13-14,17-18,25-28H,1-12,15-16,19-24,29-30H2/b17-13-,18-14-. The van der Waals surface area contributed by atoms with Gasteiger partial charge in [-0.15, -0.1) is 0 Å². The van der Waals surface area contributed by atoms with Gasteiger partial charge in [-0.2, -0.15) is 0 Å². The summed E-state index contributed by atoms with van der Waals surface area (Å²) in [5, 5.41) is 0. The third-order valence-electron chi connectivity index (χ3n) is 8.14. The van der Waals surface area contributed by atoms with Gasteiger partial charge in [-0.3, -0.25) is 14.4 Å². The third-order valence-corrected chi connectivity index (χ3v) is 12.6. The Hall–Kier alpha value is 0.510. The number of unbranched alkanes of at least 4 members (excludes halogenated alkanes) is 14. The van der Waals surface area contributed by atoms with E-state index in [2.05, 4.69) is 160 Å². The highest BCUT2D eigenvalue weighted by Gasteiger charge is 2.11. The van der Waals surface area contributed by atoms with Crippen LogP contribution in [-0.2, 0) is 23.9 Å². The van der Waals surface area contributed by atoms with Gasteiger partial charge in [-0.25, -0.2) is 0 Å². The highest BCUT2D eigenvalue weighted by atomic mass is 127. The lowest BCUT2D eigenvalue weighted by Crippen LogP contribution is -2.20. The molecule has 7 nitrogen and oxygen atoms in total. The Labute approximate surface area is 404 Å². The first-order chi connectivity index (χ1) is 26.1. The molecule has 2 aromatic rings. The van der Waals surface area contributed by atoms with Crippen molar-refractivity contribution < 1.29 is 33.3 Å². The van der Waals surface area contributed by atoms with Gasteiger partial charge in [0.15, 0.2) is 13.2 Å². The lowest BCUT2D eigenvalue weighted by atomic mass is 10.1. The summed E-state index contributed by atoms with van der Waals surface area (Å²) in [5.41, 5.74) is 0. The summed E-state index contributed by atoms with van der Waals surface area (Å²) in [7, 11) is 0. The van der Waals surface area contributed by atoms with Gasteiger partial charge in [-0.1, -0.05) is 88.5 Å². The molecule has 0 aliphatic carbocycles. The molecule has 0 saturated heterocycles. The molecule has 0 spiro atoms. The lowest BCUT2D eigenvalue weighted by molar-refractivity contribution is -0.152. The van der Waals surface area contributed by atoms with Crippen molar-refractivity contribution in [2.75, 3.05) is 26.4 Å². The van der Waals surface area contributed by atoms with Crippen LogP contribution in [0, 0.1) is 21.4 Å². The van der Waals surface area contributed by atoms with E-state index in [0.29, 0.717) is 0 Å². The number of carbonyl (C=O) groups is 3. The van der Waals surface area contributed by atoms with Gasteiger partial charge < -0.3 is 18.9 Å². The fourth-order valence-electron chi connectivity index (χ4n) is 5.25. The Balaban J connectivity index is 1.33. The zero-order chi connectivity index (χ0) is 39.4. The Kier molecular flexibility index (Phi) is 30.4. The van der Waals surface area contributed by atoms with Crippen LogP contribution in [0.25, 0.3) is 0 Å². The minimum absolute atomic E-state index is 0.129. The SMILES string of the molecule is O=C(COC(=O)C/C=C\CCCCCCCCCOc1c(I)cc(I)cc1I)COC(=O)C/C=C\CCCCCCCCCOc1c(I)cc(I)cc1I. The van der Waals surface area contributed by atoms with E-state index >= 15 is 0 Å². The average Bonchev–Trinajstić information content (AvgIpc) is 3.12. The van der Waals surface area contributed by atoms with E-state index in [9.17, 15) is 14.4 Å². The zero-order valence-electron chi connectivity index (χ0n) is 30.8. The maximum absolute atomic E-state index is 12.0. The summed E-state index contributed by atoms with van der Waals surface area (Å²) in [6.07, 6.45) is 26.0. The molecule has 0 aliphatic rings. The number of ether oxygens (including phenoxy) is 4. The van der Waals surface area contributed by atoms with Crippen molar-refractivity contribution in [2.45, 2.75) is 116 Å². The second-order valence-electron chi connectivity index (χ2n) is 12.8. The van der Waals surface area contributed by atoms with Crippen molar-refractivity contribution in [3.8, 4) is 11.5 Å². The van der Waals surface area contributed by atoms with Gasteiger partial charge in [0.05, 0.1) is 40.3 Å². The molecule has 13 heteroatoms. The van der Waals surface area contributed by atoms with Gasteiger partial charge in [0.2, 0.25) is 5.78 Å². The minimum atomic E-state index is -0.461. The van der Waals surface area contributed by atoms with Gasteiger partial charge in [0.1, 0.15) is 11.5 Å². The van der Waals surface area contributed by atoms with E-state index in [1.807, 2.05) is 12.2 Å². The Morgan fingerprint density at radius 3 is 1.11 bits per heavy atom. The van der Waals surface area contributed by atoms with Crippen molar-refractivity contribution in [1.82, 2.24) is 0 Å². The number of rotatable bonds is 30. The van der Waals surface area contributed by atoms with Crippen LogP contribution in [0.4, 0.5) is 0 Å². The molecule has 0 saturated carbocycles. The Morgan fingerprint density at radius 1 is 0.444 bits per heavy atom. The van der Waals surface area contributed by atoms with E-state index in [0.717, 1.165) is 63.2 Å². The summed E-state index contributed by atoms with van der Waals surface area (Å²) >= 11 is 14.0. The smallest absolute Gasteiger partial charge is 0.310 e. The van der Waals surface area contributed by atoms with Gasteiger partial charge in [-0.05, 0) is 198 Å². The van der Waals surface area contributed by atoms with Crippen LogP contribution in [0.15, 0.2) is 48.6 Å². The fourth-order valence-corrected chi connectivity index (χ4v) is 13.0. The van der Waals surface area contributed by atoms with Crippen molar-refractivity contribution in [1.29, 1.82) is 0 Å². The van der Waals surface area contributed by atoms with Crippen LogP contribution >= 0.6 is 136 Å². The van der Waals surface area contributed by atoms with Crippen molar-refractivity contribution >= 4 is 153 Å². The van der Waals surface area contributed by atoms with Gasteiger partial charge in [0, 0.05) is 7.14 Å². The largest absolute Gasteiger partial charge is 0.491 e. The maximum atomic E-state index is 12.0. The number of Topliss-reactive ketones (excluding diaryl/α,β-unsaturated/α-hetero) is 1. The molecule has 0 N–H and O–H groups in total. The molecule has 0 unspecified atom stereocenters. The maximum Gasteiger partial charge on any atom is 0.310 e. The third kappa shape index (κ3) is 25.1. The molecule has 0 aromatic heterocycles. The molecule has 0 fully saturated rings. The first-order valence-corrected chi connectivity index (χ1v) is 25.2. The summed E-state index contributed by atoms with van der Waals surface area (Å²) in [5.74, 6) is 0.651. The number of esters is 2. The number of halogens is 6.